The summed E-state index contributed by atoms with van der Waals surface area (Å²) in [5, 5.41) is 18.5. The number of rotatable bonds is 4. The lowest BCUT2D eigenvalue weighted by Gasteiger charge is -2.09. The van der Waals surface area contributed by atoms with Crippen molar-refractivity contribution in [2.24, 2.45) is 0 Å². The topological polar surface area (TPSA) is 129 Å². The van der Waals surface area contributed by atoms with Gasteiger partial charge in [-0.2, -0.15) is 0 Å². The number of fused-ring (bicyclic) bond motifs is 6. The zero-order valence-corrected chi connectivity index (χ0v) is 20.6. The van der Waals surface area contributed by atoms with Gasteiger partial charge in [0.25, 0.3) is 11.8 Å². The minimum absolute atomic E-state index is 0.300. The van der Waals surface area contributed by atoms with Gasteiger partial charge in [-0.3, -0.25) is 9.97 Å². The van der Waals surface area contributed by atoms with Crippen molar-refractivity contribution in [3.63, 3.8) is 0 Å². The number of aromatic nitrogens is 8. The van der Waals surface area contributed by atoms with Gasteiger partial charge in [0.15, 0.2) is 0 Å². The van der Waals surface area contributed by atoms with Crippen LogP contribution in [0.4, 0.5) is 0 Å². The fourth-order valence-electron chi connectivity index (χ4n) is 4.68. The predicted molar refractivity (Wildman–Crippen MR) is 148 cm³/mol. The van der Waals surface area contributed by atoms with Gasteiger partial charge in [-0.15, -0.1) is 20.4 Å². The van der Waals surface area contributed by atoms with E-state index in [0.717, 1.165) is 32.9 Å². The summed E-state index contributed by atoms with van der Waals surface area (Å²) in [6, 6.07) is 26.7. The third-order valence-corrected chi connectivity index (χ3v) is 6.55. The molecule has 0 saturated heterocycles. The lowest BCUT2D eigenvalue weighted by molar-refractivity contribution is 0.582. The second kappa shape index (κ2) is 8.84. The first-order chi connectivity index (χ1) is 19.8. The minimum Gasteiger partial charge on any atom is -0.415 e. The van der Waals surface area contributed by atoms with Crippen molar-refractivity contribution in [1.29, 1.82) is 0 Å². The maximum atomic E-state index is 5.98. The van der Waals surface area contributed by atoms with E-state index in [1.165, 1.54) is 0 Å². The molecule has 10 nitrogen and oxygen atoms in total. The molecule has 0 unspecified atom stereocenters. The molecule has 8 rings (SSSR count). The summed E-state index contributed by atoms with van der Waals surface area (Å²) in [6.45, 7) is 0. The normalized spacial score (nSPS) is 11.5. The lowest BCUT2D eigenvalue weighted by atomic mass is 10.1. The molecule has 8 aromatic rings. The fraction of sp³-hybridized carbons (Fsp3) is 0. The van der Waals surface area contributed by atoms with Gasteiger partial charge in [0.2, 0.25) is 11.8 Å². The Morgan fingerprint density at radius 2 is 0.825 bits per heavy atom. The molecule has 10 heteroatoms. The molecular weight excluding hydrogens is 504 g/mol. The fourth-order valence-corrected chi connectivity index (χ4v) is 4.68. The van der Waals surface area contributed by atoms with Gasteiger partial charge >= 0.3 is 0 Å². The van der Waals surface area contributed by atoms with Crippen molar-refractivity contribution in [3.8, 4) is 46.1 Å². The molecule has 0 N–H and O–H groups in total. The molecule has 0 saturated carbocycles. The van der Waals surface area contributed by atoms with Crippen LogP contribution in [0, 0.1) is 0 Å². The van der Waals surface area contributed by atoms with E-state index in [2.05, 4.69) is 30.4 Å². The molecule has 0 bridgehead atoms. The average molecular weight is 521 g/mol. The molecule has 0 aliphatic rings. The Kier molecular flexibility index (Phi) is 4.89. The molecule has 5 heterocycles. The van der Waals surface area contributed by atoms with E-state index in [0.29, 0.717) is 46.0 Å². The van der Waals surface area contributed by atoms with E-state index >= 15 is 0 Å². The molecule has 188 valence electrons. The zero-order chi connectivity index (χ0) is 26.5. The maximum Gasteiger partial charge on any atom is 0.266 e. The Bertz CT molecular complexity index is 2020. The highest BCUT2D eigenvalue weighted by molar-refractivity contribution is 6.20. The standard InChI is InChI=1S/C30H16N8O2/c1-3-7-17(8-4-1)27-35-37-29(39-27)21-13-11-19-23-24(32-16-15-31-23)20-12-14-22(34-26(20)25(19)33-21)30-38-36-28(40-30)18-9-5-2-6-10-18/h1-16H. The van der Waals surface area contributed by atoms with Gasteiger partial charge in [0, 0.05) is 34.3 Å². The van der Waals surface area contributed by atoms with Gasteiger partial charge in [0.1, 0.15) is 11.4 Å². The summed E-state index contributed by atoms with van der Waals surface area (Å²) in [5.74, 6) is 1.43. The van der Waals surface area contributed by atoms with Gasteiger partial charge in [-0.1, -0.05) is 36.4 Å². The van der Waals surface area contributed by atoms with Crippen LogP contribution in [0.25, 0.3) is 78.9 Å². The molecule has 0 atom stereocenters. The Morgan fingerprint density at radius 1 is 0.400 bits per heavy atom. The van der Waals surface area contributed by atoms with Crippen LogP contribution in [-0.2, 0) is 0 Å². The third-order valence-electron chi connectivity index (χ3n) is 6.55. The van der Waals surface area contributed by atoms with Crippen molar-refractivity contribution in [3.05, 3.63) is 97.3 Å². The molecule has 0 fully saturated rings. The molecule has 0 radical (unpaired) electrons. The summed E-state index contributed by atoms with van der Waals surface area (Å²) < 4.78 is 12.0. The molecule has 0 aliphatic carbocycles. The Hall–Kier alpha value is -5.90. The second-order valence-electron chi connectivity index (χ2n) is 9.00. The van der Waals surface area contributed by atoms with Crippen LogP contribution in [-0.4, -0.2) is 40.3 Å². The van der Waals surface area contributed by atoms with E-state index in [4.69, 9.17) is 18.8 Å². The van der Waals surface area contributed by atoms with Crippen molar-refractivity contribution in [2.45, 2.75) is 0 Å². The van der Waals surface area contributed by atoms with Crippen molar-refractivity contribution in [1.82, 2.24) is 40.3 Å². The Balaban J connectivity index is 1.31. The van der Waals surface area contributed by atoms with E-state index in [-0.39, 0.29) is 0 Å². The first-order valence-electron chi connectivity index (χ1n) is 12.4. The highest BCUT2D eigenvalue weighted by Gasteiger charge is 2.19. The van der Waals surface area contributed by atoms with Crippen molar-refractivity contribution < 1.29 is 8.83 Å². The monoisotopic (exact) mass is 520 g/mol. The van der Waals surface area contributed by atoms with Crippen LogP contribution < -0.4 is 0 Å². The largest absolute Gasteiger partial charge is 0.415 e. The number of hydrogen-bond acceptors (Lipinski definition) is 10. The predicted octanol–water partition coefficient (Wildman–Crippen LogP) is 6.16. The minimum atomic E-state index is 0.300. The third kappa shape index (κ3) is 3.58. The van der Waals surface area contributed by atoms with Crippen molar-refractivity contribution >= 4 is 32.8 Å². The van der Waals surface area contributed by atoms with Crippen LogP contribution in [0.2, 0.25) is 0 Å². The number of hydrogen-bond donors (Lipinski definition) is 0. The molecule has 40 heavy (non-hydrogen) atoms. The summed E-state index contributed by atoms with van der Waals surface area (Å²) in [5.41, 5.74) is 5.36. The van der Waals surface area contributed by atoms with Gasteiger partial charge in [0.05, 0.1) is 22.1 Å². The molecule has 0 amide bonds. The van der Waals surface area contributed by atoms with E-state index in [1.807, 2.05) is 84.9 Å². The van der Waals surface area contributed by atoms with Crippen LogP contribution in [0.5, 0.6) is 0 Å². The molecule has 0 aliphatic heterocycles. The molecule has 5 aromatic heterocycles. The SMILES string of the molecule is c1ccc(-c2nnc(-c3ccc4c5nccnc5c5ccc(-c6nnc(-c7ccccc7)o6)nc5c4n3)o2)cc1. The second-order valence-corrected chi connectivity index (χ2v) is 9.00. The highest BCUT2D eigenvalue weighted by atomic mass is 16.4. The summed E-state index contributed by atoms with van der Waals surface area (Å²) in [4.78, 5) is 19.1. The van der Waals surface area contributed by atoms with Gasteiger partial charge in [-0.25, -0.2) is 9.97 Å². The maximum absolute atomic E-state index is 5.98. The summed E-state index contributed by atoms with van der Waals surface area (Å²) >= 11 is 0. The van der Waals surface area contributed by atoms with Gasteiger partial charge in [-0.05, 0) is 48.5 Å². The smallest absolute Gasteiger partial charge is 0.266 e. The number of nitrogens with zero attached hydrogens (tertiary/aromatic N) is 8. The summed E-state index contributed by atoms with van der Waals surface area (Å²) in [6.07, 6.45) is 3.33. The first-order valence-corrected chi connectivity index (χ1v) is 12.4. The Morgan fingerprint density at radius 3 is 1.27 bits per heavy atom. The molecule has 3 aromatic carbocycles. The highest BCUT2D eigenvalue weighted by Crippen LogP contribution is 2.34. The Labute approximate surface area is 225 Å². The van der Waals surface area contributed by atoms with E-state index < -0.39 is 0 Å². The lowest BCUT2D eigenvalue weighted by Crippen LogP contribution is -1.95. The number of benzene rings is 3. The quantitative estimate of drug-likeness (QED) is 0.249. The first kappa shape index (κ1) is 22.1. The number of pyridine rings is 2. The van der Waals surface area contributed by atoms with Crippen LogP contribution in [0.15, 0.2) is 106 Å². The van der Waals surface area contributed by atoms with Crippen molar-refractivity contribution in [2.75, 3.05) is 0 Å². The average Bonchev–Trinajstić information content (AvgIpc) is 3.73. The van der Waals surface area contributed by atoms with Crippen LogP contribution >= 0.6 is 0 Å². The van der Waals surface area contributed by atoms with Crippen LogP contribution in [0.1, 0.15) is 0 Å². The zero-order valence-electron chi connectivity index (χ0n) is 20.6. The summed E-state index contributed by atoms with van der Waals surface area (Å²) in [7, 11) is 0. The molecule has 0 spiro atoms. The van der Waals surface area contributed by atoms with E-state index in [9.17, 15) is 0 Å². The molecular formula is C30H16N8O2. The van der Waals surface area contributed by atoms with E-state index in [1.54, 1.807) is 12.4 Å². The van der Waals surface area contributed by atoms with Gasteiger partial charge < -0.3 is 8.83 Å². The van der Waals surface area contributed by atoms with Crippen LogP contribution in [0.3, 0.4) is 0 Å².